The van der Waals surface area contributed by atoms with Crippen LogP contribution in [0.3, 0.4) is 0 Å². The van der Waals surface area contributed by atoms with E-state index in [1.54, 1.807) is 12.1 Å². The summed E-state index contributed by atoms with van der Waals surface area (Å²) < 4.78 is 33.4. The number of fused-ring (bicyclic) bond motifs is 1. The first-order chi connectivity index (χ1) is 17.8. The van der Waals surface area contributed by atoms with Crippen molar-refractivity contribution in [2.45, 2.75) is 43.9 Å². The van der Waals surface area contributed by atoms with E-state index in [1.165, 1.54) is 4.31 Å². The van der Waals surface area contributed by atoms with Crippen LogP contribution in [-0.4, -0.2) is 41.9 Å². The maximum Gasteiger partial charge on any atom is 0.243 e. The monoisotopic (exact) mass is 518 g/mol. The molecule has 1 amide bonds. The Hall–Kier alpha value is -3.56. The van der Waals surface area contributed by atoms with Gasteiger partial charge in [0.1, 0.15) is 0 Å². The highest BCUT2D eigenvalue weighted by Crippen LogP contribution is 2.27. The maximum atomic E-state index is 13.4. The molecule has 0 saturated carbocycles. The second kappa shape index (κ2) is 10.4. The normalized spacial score (nSPS) is 16.8. The minimum atomic E-state index is -3.70. The summed E-state index contributed by atoms with van der Waals surface area (Å²) in [6, 6.07) is 20.3. The predicted octanol–water partition coefficient (Wildman–Crippen LogP) is 4.98. The molecule has 0 unspecified atom stereocenters. The minimum Gasteiger partial charge on any atom is -0.339 e. The highest BCUT2D eigenvalue weighted by Gasteiger charge is 2.33. The van der Waals surface area contributed by atoms with Gasteiger partial charge in [0.05, 0.1) is 10.8 Å². The SMILES string of the molecule is CC(C)c1nc(Cc2ccc(NC(=O)[C@H]3CCCN(S(=O)(=O)c4ccc5ccccc5c4)C3)cc2)no1. The van der Waals surface area contributed by atoms with Gasteiger partial charge in [-0.3, -0.25) is 4.79 Å². The van der Waals surface area contributed by atoms with Crippen LogP contribution in [0.5, 0.6) is 0 Å². The van der Waals surface area contributed by atoms with E-state index in [9.17, 15) is 13.2 Å². The van der Waals surface area contributed by atoms with Gasteiger partial charge in [-0.05, 0) is 53.4 Å². The molecule has 9 heteroatoms. The van der Waals surface area contributed by atoms with Gasteiger partial charge in [0.15, 0.2) is 5.82 Å². The number of amides is 1. The van der Waals surface area contributed by atoms with Gasteiger partial charge in [0.25, 0.3) is 0 Å². The fourth-order valence-electron chi connectivity index (χ4n) is 4.56. The summed E-state index contributed by atoms with van der Waals surface area (Å²) in [5.74, 6) is 0.818. The van der Waals surface area contributed by atoms with Crippen molar-refractivity contribution in [2.75, 3.05) is 18.4 Å². The average molecular weight is 519 g/mol. The first kappa shape index (κ1) is 25.1. The van der Waals surface area contributed by atoms with Gasteiger partial charge >= 0.3 is 0 Å². The van der Waals surface area contributed by atoms with Gasteiger partial charge in [0.2, 0.25) is 21.8 Å². The summed E-state index contributed by atoms with van der Waals surface area (Å²) in [6.45, 7) is 4.57. The maximum absolute atomic E-state index is 13.4. The lowest BCUT2D eigenvalue weighted by Crippen LogP contribution is -2.43. The van der Waals surface area contributed by atoms with Crippen molar-refractivity contribution >= 4 is 32.4 Å². The molecule has 3 aromatic carbocycles. The van der Waals surface area contributed by atoms with Crippen molar-refractivity contribution in [3.05, 3.63) is 84.0 Å². The summed E-state index contributed by atoms with van der Waals surface area (Å²) in [5, 5.41) is 8.83. The lowest BCUT2D eigenvalue weighted by molar-refractivity contribution is -0.120. The number of rotatable bonds is 7. The third-order valence-electron chi connectivity index (χ3n) is 6.68. The molecule has 1 aliphatic heterocycles. The van der Waals surface area contributed by atoms with Gasteiger partial charge in [-0.25, -0.2) is 8.42 Å². The van der Waals surface area contributed by atoms with Gasteiger partial charge in [-0.2, -0.15) is 9.29 Å². The van der Waals surface area contributed by atoms with Crippen LogP contribution in [0.2, 0.25) is 0 Å². The number of aromatic nitrogens is 2. The van der Waals surface area contributed by atoms with Crippen LogP contribution in [0.4, 0.5) is 5.69 Å². The standard InChI is InChI=1S/C28H30N4O4S/c1-19(2)28-30-26(31-36-28)16-20-9-12-24(13-10-20)29-27(33)23-8-5-15-32(18-23)37(34,35)25-14-11-21-6-3-4-7-22(21)17-25/h3-4,6-7,9-14,17,19,23H,5,8,15-16,18H2,1-2H3,(H,29,33)/t23-/m0/s1. The van der Waals surface area contributed by atoms with Gasteiger partial charge in [-0.15, -0.1) is 0 Å². The van der Waals surface area contributed by atoms with E-state index >= 15 is 0 Å². The van der Waals surface area contributed by atoms with Crippen LogP contribution < -0.4 is 5.32 Å². The first-order valence-electron chi connectivity index (χ1n) is 12.5. The third-order valence-corrected chi connectivity index (χ3v) is 8.54. The molecule has 1 aliphatic rings. The number of nitrogens with one attached hydrogen (secondary N) is 1. The van der Waals surface area contributed by atoms with E-state index in [0.29, 0.717) is 43.2 Å². The number of carbonyl (C=O) groups is 1. The molecule has 192 valence electrons. The van der Waals surface area contributed by atoms with Crippen molar-refractivity contribution < 1.29 is 17.7 Å². The molecule has 0 spiro atoms. The number of sulfonamides is 1. The van der Waals surface area contributed by atoms with Gasteiger partial charge < -0.3 is 9.84 Å². The Morgan fingerprint density at radius 1 is 1.08 bits per heavy atom. The lowest BCUT2D eigenvalue weighted by atomic mass is 9.98. The molecule has 0 aliphatic carbocycles. The molecule has 1 N–H and O–H groups in total. The van der Waals surface area contributed by atoms with Crippen LogP contribution in [0.1, 0.15) is 49.9 Å². The Bertz CT molecular complexity index is 1510. The molecule has 1 fully saturated rings. The van der Waals surface area contributed by atoms with E-state index in [2.05, 4.69) is 15.5 Å². The van der Waals surface area contributed by atoms with E-state index in [-0.39, 0.29) is 23.3 Å². The van der Waals surface area contributed by atoms with Crippen LogP contribution >= 0.6 is 0 Å². The largest absolute Gasteiger partial charge is 0.339 e. The Labute approximate surface area is 216 Å². The molecular weight excluding hydrogens is 488 g/mol. The molecule has 37 heavy (non-hydrogen) atoms. The number of hydrogen-bond donors (Lipinski definition) is 1. The zero-order valence-corrected chi connectivity index (χ0v) is 21.7. The number of piperidine rings is 1. The van der Waals surface area contributed by atoms with Crippen LogP contribution in [0, 0.1) is 5.92 Å². The van der Waals surface area contributed by atoms with Crippen LogP contribution in [0.25, 0.3) is 10.8 Å². The fraction of sp³-hybridized carbons (Fsp3) is 0.321. The summed E-state index contributed by atoms with van der Waals surface area (Å²) in [5.41, 5.74) is 1.67. The molecule has 8 nitrogen and oxygen atoms in total. The van der Waals surface area contributed by atoms with E-state index < -0.39 is 15.9 Å². The third kappa shape index (κ3) is 5.57. The number of anilines is 1. The molecule has 2 heterocycles. The van der Waals surface area contributed by atoms with E-state index in [4.69, 9.17) is 4.52 Å². The summed E-state index contributed by atoms with van der Waals surface area (Å²) in [6.07, 6.45) is 1.81. The predicted molar refractivity (Wildman–Crippen MR) is 142 cm³/mol. The average Bonchev–Trinajstić information content (AvgIpc) is 3.38. The quantitative estimate of drug-likeness (QED) is 0.370. The molecule has 1 saturated heterocycles. The molecule has 0 radical (unpaired) electrons. The topological polar surface area (TPSA) is 105 Å². The smallest absolute Gasteiger partial charge is 0.243 e. The molecule has 1 atom stereocenters. The number of hydrogen-bond acceptors (Lipinski definition) is 6. The van der Waals surface area contributed by atoms with E-state index in [1.807, 2.05) is 68.4 Å². The van der Waals surface area contributed by atoms with Gasteiger partial charge in [-0.1, -0.05) is 61.5 Å². The fourth-order valence-corrected chi connectivity index (χ4v) is 6.12. The molecule has 1 aromatic heterocycles. The molecule has 0 bridgehead atoms. The van der Waals surface area contributed by atoms with Crippen LogP contribution in [-0.2, 0) is 21.2 Å². The second-order valence-corrected chi connectivity index (χ2v) is 11.7. The zero-order valence-electron chi connectivity index (χ0n) is 20.9. The Morgan fingerprint density at radius 2 is 1.84 bits per heavy atom. The number of carbonyl (C=O) groups excluding carboxylic acids is 1. The molecule has 4 aromatic rings. The van der Waals surface area contributed by atoms with Crippen molar-refractivity contribution in [2.24, 2.45) is 5.92 Å². The Balaban J connectivity index is 1.22. The first-order valence-corrected chi connectivity index (χ1v) is 13.9. The van der Waals surface area contributed by atoms with Crippen molar-refractivity contribution in [1.29, 1.82) is 0 Å². The van der Waals surface area contributed by atoms with Crippen molar-refractivity contribution in [3.63, 3.8) is 0 Å². The van der Waals surface area contributed by atoms with Crippen LogP contribution in [0.15, 0.2) is 76.1 Å². The van der Waals surface area contributed by atoms with E-state index in [0.717, 1.165) is 16.3 Å². The summed E-state index contributed by atoms with van der Waals surface area (Å²) in [7, 11) is -3.70. The summed E-state index contributed by atoms with van der Waals surface area (Å²) >= 11 is 0. The Morgan fingerprint density at radius 3 is 2.57 bits per heavy atom. The van der Waals surface area contributed by atoms with Gasteiger partial charge in [0, 0.05) is 31.1 Å². The number of nitrogens with zero attached hydrogens (tertiary/aromatic N) is 3. The number of benzene rings is 3. The zero-order chi connectivity index (χ0) is 26.0. The van der Waals surface area contributed by atoms with Crippen molar-refractivity contribution in [1.82, 2.24) is 14.4 Å². The molecular formula is C28H30N4O4S. The lowest BCUT2D eigenvalue weighted by Gasteiger charge is -2.31. The highest BCUT2D eigenvalue weighted by molar-refractivity contribution is 7.89. The highest BCUT2D eigenvalue weighted by atomic mass is 32.2. The Kier molecular flexibility index (Phi) is 7.08. The molecule has 5 rings (SSSR count). The van der Waals surface area contributed by atoms with Crippen molar-refractivity contribution in [3.8, 4) is 0 Å². The second-order valence-electron chi connectivity index (χ2n) is 9.78. The minimum absolute atomic E-state index is 0.162. The summed E-state index contributed by atoms with van der Waals surface area (Å²) in [4.78, 5) is 17.7.